The topological polar surface area (TPSA) is 55.9 Å². The highest BCUT2D eigenvalue weighted by molar-refractivity contribution is 5.33. The number of nitrogens with zero attached hydrogens (tertiary/aromatic N) is 2. The predicted molar refractivity (Wildman–Crippen MR) is 49.9 cm³/mol. The summed E-state index contributed by atoms with van der Waals surface area (Å²) in [6.45, 7) is 3.73. The average Bonchev–Trinajstić information content (AvgIpc) is 2.47. The van der Waals surface area contributed by atoms with Gasteiger partial charge < -0.3 is 11.1 Å². The second-order valence-electron chi connectivity index (χ2n) is 3.06. The van der Waals surface area contributed by atoms with Crippen molar-refractivity contribution < 1.29 is 0 Å². The first-order valence-electron chi connectivity index (χ1n) is 4.16. The predicted octanol–water partition coefficient (Wildman–Crippen LogP) is 0.427. The van der Waals surface area contributed by atoms with Crippen LogP contribution in [0.5, 0.6) is 0 Å². The SMILES string of the molecule is CC(CN)CNc1ccnn1C. The molecule has 1 atom stereocenters. The molecule has 4 nitrogen and oxygen atoms in total. The minimum atomic E-state index is 0.500. The fourth-order valence-electron chi connectivity index (χ4n) is 0.909. The van der Waals surface area contributed by atoms with Crippen LogP contribution in [0.3, 0.4) is 0 Å². The number of nitrogens with one attached hydrogen (secondary N) is 1. The van der Waals surface area contributed by atoms with Crippen LogP contribution < -0.4 is 11.1 Å². The molecule has 0 amide bonds. The van der Waals surface area contributed by atoms with Gasteiger partial charge in [-0.3, -0.25) is 4.68 Å². The van der Waals surface area contributed by atoms with Crippen molar-refractivity contribution in [3.63, 3.8) is 0 Å². The number of anilines is 1. The summed E-state index contributed by atoms with van der Waals surface area (Å²) < 4.78 is 1.81. The molecule has 1 unspecified atom stereocenters. The first-order chi connectivity index (χ1) is 5.74. The van der Waals surface area contributed by atoms with Crippen molar-refractivity contribution in [3.8, 4) is 0 Å². The Morgan fingerprint density at radius 3 is 3.00 bits per heavy atom. The Labute approximate surface area is 72.8 Å². The summed E-state index contributed by atoms with van der Waals surface area (Å²) in [7, 11) is 1.91. The zero-order chi connectivity index (χ0) is 8.97. The third-order valence-electron chi connectivity index (χ3n) is 1.85. The normalized spacial score (nSPS) is 12.9. The van der Waals surface area contributed by atoms with Crippen LogP contribution in [0.2, 0.25) is 0 Å². The van der Waals surface area contributed by atoms with Gasteiger partial charge >= 0.3 is 0 Å². The molecular weight excluding hydrogens is 152 g/mol. The fourth-order valence-corrected chi connectivity index (χ4v) is 0.909. The summed E-state index contributed by atoms with van der Waals surface area (Å²) in [6.07, 6.45) is 1.77. The maximum Gasteiger partial charge on any atom is 0.123 e. The summed E-state index contributed by atoms with van der Waals surface area (Å²) in [6, 6.07) is 1.95. The Hall–Kier alpha value is -1.03. The Bertz CT molecular complexity index is 231. The summed E-state index contributed by atoms with van der Waals surface area (Å²) >= 11 is 0. The number of rotatable bonds is 4. The first kappa shape index (κ1) is 9.06. The van der Waals surface area contributed by atoms with E-state index in [2.05, 4.69) is 17.3 Å². The van der Waals surface area contributed by atoms with Crippen LogP contribution in [0.1, 0.15) is 6.92 Å². The van der Waals surface area contributed by atoms with Gasteiger partial charge in [-0.05, 0) is 12.5 Å². The molecule has 1 heterocycles. The zero-order valence-electron chi connectivity index (χ0n) is 7.62. The van der Waals surface area contributed by atoms with Crippen molar-refractivity contribution in [2.75, 3.05) is 18.4 Å². The zero-order valence-corrected chi connectivity index (χ0v) is 7.62. The molecule has 1 rings (SSSR count). The Morgan fingerprint density at radius 1 is 1.75 bits per heavy atom. The lowest BCUT2D eigenvalue weighted by atomic mass is 10.2. The van der Waals surface area contributed by atoms with E-state index in [1.165, 1.54) is 0 Å². The van der Waals surface area contributed by atoms with E-state index >= 15 is 0 Å². The largest absolute Gasteiger partial charge is 0.370 e. The molecule has 0 bridgehead atoms. The lowest BCUT2D eigenvalue weighted by molar-refractivity contribution is 0.622. The van der Waals surface area contributed by atoms with Gasteiger partial charge in [0.25, 0.3) is 0 Å². The highest BCUT2D eigenvalue weighted by atomic mass is 15.3. The first-order valence-corrected chi connectivity index (χ1v) is 4.16. The van der Waals surface area contributed by atoms with Crippen molar-refractivity contribution in [1.29, 1.82) is 0 Å². The van der Waals surface area contributed by atoms with Crippen LogP contribution in [-0.2, 0) is 7.05 Å². The second-order valence-corrected chi connectivity index (χ2v) is 3.06. The minimum Gasteiger partial charge on any atom is -0.370 e. The highest BCUT2D eigenvalue weighted by Crippen LogP contribution is 2.03. The van der Waals surface area contributed by atoms with E-state index in [9.17, 15) is 0 Å². The van der Waals surface area contributed by atoms with Crippen LogP contribution in [0.25, 0.3) is 0 Å². The maximum absolute atomic E-state index is 5.49. The summed E-state index contributed by atoms with van der Waals surface area (Å²) in [5.41, 5.74) is 5.49. The van der Waals surface area contributed by atoms with Crippen LogP contribution in [0.15, 0.2) is 12.3 Å². The Balaban J connectivity index is 2.38. The molecule has 12 heavy (non-hydrogen) atoms. The maximum atomic E-state index is 5.49. The van der Waals surface area contributed by atoms with Crippen molar-refractivity contribution >= 4 is 5.82 Å². The number of hydrogen-bond donors (Lipinski definition) is 2. The number of hydrogen-bond acceptors (Lipinski definition) is 3. The third kappa shape index (κ3) is 2.23. The van der Waals surface area contributed by atoms with E-state index in [1.54, 1.807) is 6.20 Å². The van der Waals surface area contributed by atoms with Gasteiger partial charge in [0.05, 0.1) is 6.20 Å². The number of aryl methyl sites for hydroxylation is 1. The molecule has 0 fully saturated rings. The van der Waals surface area contributed by atoms with Crippen LogP contribution in [-0.4, -0.2) is 22.9 Å². The Kier molecular flexibility index (Phi) is 3.10. The van der Waals surface area contributed by atoms with Gasteiger partial charge in [-0.15, -0.1) is 0 Å². The quantitative estimate of drug-likeness (QED) is 0.685. The highest BCUT2D eigenvalue weighted by Gasteiger charge is 2.00. The van der Waals surface area contributed by atoms with Gasteiger partial charge in [-0.1, -0.05) is 6.92 Å². The second kappa shape index (κ2) is 4.11. The van der Waals surface area contributed by atoms with E-state index in [0.29, 0.717) is 12.5 Å². The fraction of sp³-hybridized carbons (Fsp3) is 0.625. The molecule has 0 saturated carbocycles. The third-order valence-corrected chi connectivity index (χ3v) is 1.85. The van der Waals surface area contributed by atoms with Gasteiger partial charge in [0.15, 0.2) is 0 Å². The van der Waals surface area contributed by atoms with E-state index < -0.39 is 0 Å². The molecule has 0 aliphatic carbocycles. The molecule has 0 radical (unpaired) electrons. The van der Waals surface area contributed by atoms with E-state index in [4.69, 9.17) is 5.73 Å². The van der Waals surface area contributed by atoms with Crippen molar-refractivity contribution in [2.45, 2.75) is 6.92 Å². The molecule has 0 spiro atoms. The van der Waals surface area contributed by atoms with Crippen LogP contribution in [0.4, 0.5) is 5.82 Å². The molecule has 0 aromatic carbocycles. The van der Waals surface area contributed by atoms with E-state index in [1.807, 2.05) is 17.8 Å². The van der Waals surface area contributed by atoms with Gasteiger partial charge in [-0.2, -0.15) is 5.10 Å². The number of aromatic nitrogens is 2. The molecule has 0 aliphatic rings. The van der Waals surface area contributed by atoms with Gasteiger partial charge in [0.2, 0.25) is 0 Å². The van der Waals surface area contributed by atoms with Crippen molar-refractivity contribution in [3.05, 3.63) is 12.3 Å². The lowest BCUT2D eigenvalue weighted by Gasteiger charge is -2.10. The van der Waals surface area contributed by atoms with Gasteiger partial charge in [-0.25, -0.2) is 0 Å². The molecule has 1 aromatic rings. The van der Waals surface area contributed by atoms with E-state index in [-0.39, 0.29) is 0 Å². The molecule has 1 aromatic heterocycles. The molecular formula is C8H16N4. The Morgan fingerprint density at radius 2 is 2.50 bits per heavy atom. The molecule has 3 N–H and O–H groups in total. The summed E-state index contributed by atoms with van der Waals surface area (Å²) in [4.78, 5) is 0. The van der Waals surface area contributed by atoms with E-state index in [0.717, 1.165) is 12.4 Å². The smallest absolute Gasteiger partial charge is 0.123 e. The van der Waals surface area contributed by atoms with Crippen LogP contribution in [0, 0.1) is 5.92 Å². The monoisotopic (exact) mass is 168 g/mol. The minimum absolute atomic E-state index is 0.500. The van der Waals surface area contributed by atoms with Crippen LogP contribution >= 0.6 is 0 Å². The van der Waals surface area contributed by atoms with Gasteiger partial charge in [0, 0.05) is 19.7 Å². The molecule has 0 saturated heterocycles. The molecule has 68 valence electrons. The van der Waals surface area contributed by atoms with Crippen molar-refractivity contribution in [1.82, 2.24) is 9.78 Å². The lowest BCUT2D eigenvalue weighted by Crippen LogP contribution is -2.20. The van der Waals surface area contributed by atoms with Crippen molar-refractivity contribution in [2.24, 2.45) is 18.7 Å². The number of nitrogens with two attached hydrogens (primary N) is 1. The summed E-state index contributed by atoms with van der Waals surface area (Å²) in [5.74, 6) is 1.54. The molecule has 0 aliphatic heterocycles. The molecule has 4 heteroatoms. The summed E-state index contributed by atoms with van der Waals surface area (Å²) in [5, 5.41) is 7.31. The average molecular weight is 168 g/mol. The standard InChI is InChI=1S/C8H16N4/c1-7(5-9)6-10-8-3-4-11-12(8)2/h3-4,7,10H,5-6,9H2,1-2H3. The van der Waals surface area contributed by atoms with Gasteiger partial charge in [0.1, 0.15) is 5.82 Å².